The van der Waals surface area contributed by atoms with Crippen molar-refractivity contribution in [3.05, 3.63) is 83.2 Å². The van der Waals surface area contributed by atoms with Crippen LogP contribution in [0.4, 0.5) is 4.39 Å². The zero-order valence-electron chi connectivity index (χ0n) is 13.1. The van der Waals surface area contributed by atoms with Crippen molar-refractivity contribution in [2.24, 2.45) is 0 Å². The lowest BCUT2D eigenvalue weighted by molar-refractivity contribution is -0.00791. The number of halogens is 2. The average Bonchev–Trinajstić information content (AvgIpc) is 3.08. The molecule has 24 heavy (non-hydrogen) atoms. The molecule has 2 unspecified atom stereocenters. The Morgan fingerprint density at radius 1 is 1.21 bits per heavy atom. The van der Waals surface area contributed by atoms with Crippen LogP contribution < -0.4 is 0 Å². The zero-order valence-corrected chi connectivity index (χ0v) is 13.9. The average molecular weight is 346 g/mol. The van der Waals surface area contributed by atoms with E-state index in [1.165, 1.54) is 18.5 Å². The van der Waals surface area contributed by atoms with Gasteiger partial charge in [0.15, 0.2) is 0 Å². The quantitative estimate of drug-likeness (QED) is 0.766. The van der Waals surface area contributed by atoms with Gasteiger partial charge in [0.05, 0.1) is 6.54 Å². The first-order valence-corrected chi connectivity index (χ1v) is 7.94. The van der Waals surface area contributed by atoms with E-state index in [1.54, 1.807) is 35.3 Å². The maximum absolute atomic E-state index is 13.2. The summed E-state index contributed by atoms with van der Waals surface area (Å²) in [5.41, 5.74) is 0.0714. The van der Waals surface area contributed by atoms with Crippen molar-refractivity contribution < 1.29 is 9.50 Å². The van der Waals surface area contributed by atoms with Crippen molar-refractivity contribution in [1.29, 1.82) is 0 Å². The monoisotopic (exact) mass is 345 g/mol. The topological polar surface area (TPSA) is 50.9 Å². The van der Waals surface area contributed by atoms with E-state index >= 15 is 0 Å². The molecule has 0 fully saturated rings. The Balaban J connectivity index is 2.07. The van der Waals surface area contributed by atoms with E-state index in [0.29, 0.717) is 10.6 Å². The van der Waals surface area contributed by atoms with Crippen LogP contribution in [0, 0.1) is 5.82 Å². The lowest BCUT2D eigenvalue weighted by atomic mass is 9.78. The third-order valence-corrected chi connectivity index (χ3v) is 4.63. The second kappa shape index (κ2) is 6.71. The maximum Gasteiger partial charge on any atom is 0.137 e. The van der Waals surface area contributed by atoms with Crippen LogP contribution in [0.25, 0.3) is 0 Å². The molecule has 0 spiro atoms. The summed E-state index contributed by atoms with van der Waals surface area (Å²) in [4.78, 5) is 3.92. The minimum atomic E-state index is -1.33. The predicted octanol–water partition coefficient (Wildman–Crippen LogP) is 3.76. The van der Waals surface area contributed by atoms with Crippen LogP contribution in [0.3, 0.4) is 0 Å². The molecule has 3 rings (SSSR count). The van der Waals surface area contributed by atoms with Gasteiger partial charge in [-0.15, -0.1) is 0 Å². The molecular weight excluding hydrogens is 329 g/mol. The molecule has 2 atom stereocenters. The summed E-state index contributed by atoms with van der Waals surface area (Å²) in [5, 5.41) is 16.1. The summed E-state index contributed by atoms with van der Waals surface area (Å²) in [6, 6.07) is 13.3. The van der Waals surface area contributed by atoms with Crippen LogP contribution in [0.15, 0.2) is 61.2 Å². The first-order chi connectivity index (χ1) is 11.5. The van der Waals surface area contributed by atoms with Gasteiger partial charge in [-0.3, -0.25) is 0 Å². The van der Waals surface area contributed by atoms with Crippen molar-refractivity contribution >= 4 is 11.6 Å². The highest BCUT2D eigenvalue weighted by molar-refractivity contribution is 6.31. The summed E-state index contributed by atoms with van der Waals surface area (Å²) >= 11 is 6.34. The van der Waals surface area contributed by atoms with Crippen LogP contribution in [0.1, 0.15) is 24.0 Å². The van der Waals surface area contributed by atoms with Gasteiger partial charge in [0.2, 0.25) is 0 Å². The van der Waals surface area contributed by atoms with Crippen LogP contribution in [0.2, 0.25) is 5.02 Å². The zero-order chi connectivity index (χ0) is 17.2. The molecule has 4 nitrogen and oxygen atoms in total. The Kier molecular flexibility index (Phi) is 4.64. The second-order valence-electron chi connectivity index (χ2n) is 5.77. The van der Waals surface area contributed by atoms with Crippen molar-refractivity contribution in [3.8, 4) is 0 Å². The fourth-order valence-electron chi connectivity index (χ4n) is 2.86. The molecule has 0 aliphatic heterocycles. The van der Waals surface area contributed by atoms with Crippen LogP contribution in [0.5, 0.6) is 0 Å². The fourth-order valence-corrected chi connectivity index (χ4v) is 3.16. The number of aromatic nitrogens is 3. The van der Waals surface area contributed by atoms with Gasteiger partial charge in [0.1, 0.15) is 24.1 Å². The Hall–Kier alpha value is -2.24. The summed E-state index contributed by atoms with van der Waals surface area (Å²) in [7, 11) is 0. The Morgan fingerprint density at radius 2 is 1.92 bits per heavy atom. The summed E-state index contributed by atoms with van der Waals surface area (Å²) in [5.74, 6) is -0.661. The van der Waals surface area contributed by atoms with E-state index in [2.05, 4.69) is 10.1 Å². The Bertz CT molecular complexity index is 807. The third kappa shape index (κ3) is 3.18. The van der Waals surface area contributed by atoms with Gasteiger partial charge in [0, 0.05) is 16.5 Å². The third-order valence-electron chi connectivity index (χ3n) is 4.30. The van der Waals surface area contributed by atoms with E-state index in [1.807, 2.05) is 19.1 Å². The molecule has 0 amide bonds. The molecule has 0 aliphatic carbocycles. The van der Waals surface area contributed by atoms with Crippen LogP contribution in [-0.4, -0.2) is 19.9 Å². The largest absolute Gasteiger partial charge is 0.383 e. The molecule has 0 radical (unpaired) electrons. The van der Waals surface area contributed by atoms with Gasteiger partial charge in [0.25, 0.3) is 0 Å². The van der Waals surface area contributed by atoms with Crippen molar-refractivity contribution in [2.45, 2.75) is 25.0 Å². The smallest absolute Gasteiger partial charge is 0.137 e. The molecule has 124 valence electrons. The van der Waals surface area contributed by atoms with Crippen molar-refractivity contribution in [3.63, 3.8) is 0 Å². The van der Waals surface area contributed by atoms with Gasteiger partial charge in [-0.25, -0.2) is 14.1 Å². The number of aliphatic hydroxyl groups is 1. The fraction of sp³-hybridized carbons (Fsp3) is 0.222. The van der Waals surface area contributed by atoms with Crippen LogP contribution >= 0.6 is 11.6 Å². The number of hydrogen-bond acceptors (Lipinski definition) is 3. The molecule has 1 heterocycles. The van der Waals surface area contributed by atoms with Crippen LogP contribution in [-0.2, 0) is 12.1 Å². The molecule has 1 N–H and O–H groups in total. The number of rotatable bonds is 5. The lowest BCUT2D eigenvalue weighted by Crippen LogP contribution is -2.37. The number of hydrogen-bond donors (Lipinski definition) is 1. The first-order valence-electron chi connectivity index (χ1n) is 7.56. The summed E-state index contributed by atoms with van der Waals surface area (Å²) in [6.07, 6.45) is 2.95. The molecule has 6 heteroatoms. The van der Waals surface area contributed by atoms with Gasteiger partial charge in [-0.05, 0) is 23.8 Å². The standard InChI is InChI=1S/C18H17ClFN3O/c1-13(14-6-8-15(20)9-7-14)18(24,10-23-12-21-11-22-23)16-4-2-3-5-17(16)19/h2-9,11-13,24H,10H2,1H3. The van der Waals surface area contributed by atoms with Gasteiger partial charge >= 0.3 is 0 Å². The maximum atomic E-state index is 13.2. The van der Waals surface area contributed by atoms with E-state index in [-0.39, 0.29) is 18.3 Å². The SMILES string of the molecule is CC(c1ccc(F)cc1)C(O)(Cn1cncn1)c1ccccc1Cl. The minimum absolute atomic E-state index is 0.176. The molecule has 0 aliphatic rings. The molecular formula is C18H17ClFN3O. The Labute approximate surface area is 144 Å². The predicted molar refractivity (Wildman–Crippen MR) is 90.2 cm³/mol. The highest BCUT2D eigenvalue weighted by Crippen LogP contribution is 2.41. The molecule has 0 saturated heterocycles. The van der Waals surface area contributed by atoms with Crippen molar-refractivity contribution in [1.82, 2.24) is 14.8 Å². The van der Waals surface area contributed by atoms with E-state index in [9.17, 15) is 9.50 Å². The summed E-state index contributed by atoms with van der Waals surface area (Å²) in [6.45, 7) is 2.06. The Morgan fingerprint density at radius 3 is 2.54 bits per heavy atom. The molecule has 0 saturated carbocycles. The highest BCUT2D eigenvalue weighted by Gasteiger charge is 2.39. The summed E-state index contributed by atoms with van der Waals surface area (Å²) < 4.78 is 14.8. The number of benzene rings is 2. The van der Waals surface area contributed by atoms with Gasteiger partial charge in [-0.1, -0.05) is 48.9 Å². The van der Waals surface area contributed by atoms with Gasteiger partial charge < -0.3 is 5.11 Å². The van der Waals surface area contributed by atoms with Gasteiger partial charge in [-0.2, -0.15) is 5.10 Å². The molecule has 3 aromatic rings. The van der Waals surface area contributed by atoms with E-state index in [0.717, 1.165) is 5.56 Å². The van der Waals surface area contributed by atoms with E-state index in [4.69, 9.17) is 11.6 Å². The van der Waals surface area contributed by atoms with Crippen molar-refractivity contribution in [2.75, 3.05) is 0 Å². The normalized spacial score (nSPS) is 15.0. The number of nitrogens with zero attached hydrogens (tertiary/aromatic N) is 3. The minimum Gasteiger partial charge on any atom is -0.383 e. The molecule has 2 aromatic carbocycles. The van der Waals surface area contributed by atoms with E-state index < -0.39 is 5.60 Å². The molecule has 0 bridgehead atoms. The first kappa shape index (κ1) is 16.6. The second-order valence-corrected chi connectivity index (χ2v) is 6.18. The lowest BCUT2D eigenvalue weighted by Gasteiger charge is -2.35. The highest BCUT2D eigenvalue weighted by atomic mass is 35.5. The molecule has 1 aromatic heterocycles.